The van der Waals surface area contributed by atoms with E-state index in [-0.39, 0.29) is 17.7 Å². The maximum absolute atomic E-state index is 13.0. The molecule has 0 saturated carbocycles. The van der Waals surface area contributed by atoms with Crippen molar-refractivity contribution in [1.82, 2.24) is 9.97 Å². The first-order valence-electron chi connectivity index (χ1n) is 6.73. The topological polar surface area (TPSA) is 64.1 Å². The number of hydrogen-bond donors (Lipinski definition) is 1. The van der Waals surface area contributed by atoms with Gasteiger partial charge in [0.05, 0.1) is 17.6 Å². The summed E-state index contributed by atoms with van der Waals surface area (Å²) in [5, 5.41) is 5.28. The average molecular weight is 352 g/mol. The van der Waals surface area contributed by atoms with Crippen molar-refractivity contribution in [2.75, 3.05) is 11.9 Å². The second-order valence-corrected chi connectivity index (χ2v) is 5.72. The lowest BCUT2D eigenvalue weighted by molar-refractivity contribution is 0.0529. The molecule has 0 amide bonds. The second-order valence-electron chi connectivity index (χ2n) is 4.52. The van der Waals surface area contributed by atoms with Crippen LogP contribution in [-0.4, -0.2) is 22.5 Å². The maximum Gasteiger partial charge on any atom is 0.339 e. The Morgan fingerprint density at radius 1 is 1.35 bits per heavy atom. The fourth-order valence-corrected chi connectivity index (χ4v) is 3.16. The molecule has 0 radical (unpaired) electrons. The number of esters is 1. The van der Waals surface area contributed by atoms with Gasteiger partial charge in [0, 0.05) is 11.1 Å². The SMILES string of the molecule is CCOC(=O)c1csc2nc(Cl)nc(Nc3ccc(F)cc3)c12. The molecule has 8 heteroatoms. The fourth-order valence-electron chi connectivity index (χ4n) is 2.04. The number of hydrogen-bond acceptors (Lipinski definition) is 6. The summed E-state index contributed by atoms with van der Waals surface area (Å²) in [6.45, 7) is 2.00. The third-order valence-electron chi connectivity index (χ3n) is 3.01. The van der Waals surface area contributed by atoms with Crippen LogP contribution in [0.1, 0.15) is 17.3 Å². The van der Waals surface area contributed by atoms with E-state index in [0.717, 1.165) is 0 Å². The van der Waals surface area contributed by atoms with Crippen molar-refractivity contribution >= 4 is 50.6 Å². The van der Waals surface area contributed by atoms with Gasteiger partial charge < -0.3 is 10.1 Å². The van der Waals surface area contributed by atoms with E-state index in [1.165, 1.54) is 23.5 Å². The summed E-state index contributed by atoms with van der Waals surface area (Å²) in [5.41, 5.74) is 0.983. The van der Waals surface area contributed by atoms with E-state index < -0.39 is 5.97 Å². The number of fused-ring (bicyclic) bond motifs is 1. The highest BCUT2D eigenvalue weighted by Crippen LogP contribution is 2.33. The Labute approximate surface area is 140 Å². The quantitative estimate of drug-likeness (QED) is 0.557. The molecular formula is C15H11ClFN3O2S. The molecular weight excluding hydrogens is 341 g/mol. The second kappa shape index (κ2) is 6.47. The number of nitrogens with zero attached hydrogens (tertiary/aromatic N) is 2. The Kier molecular flexibility index (Phi) is 4.40. The van der Waals surface area contributed by atoms with Crippen molar-refractivity contribution in [2.45, 2.75) is 6.92 Å². The maximum atomic E-state index is 13.0. The number of benzene rings is 1. The zero-order chi connectivity index (χ0) is 16.4. The molecule has 5 nitrogen and oxygen atoms in total. The smallest absolute Gasteiger partial charge is 0.339 e. The lowest BCUT2D eigenvalue weighted by atomic mass is 10.2. The van der Waals surface area contributed by atoms with E-state index in [0.29, 0.717) is 27.3 Å². The molecule has 0 saturated heterocycles. The molecule has 0 bridgehead atoms. The van der Waals surface area contributed by atoms with Crippen LogP contribution in [0, 0.1) is 5.82 Å². The van der Waals surface area contributed by atoms with Gasteiger partial charge in [0.1, 0.15) is 16.5 Å². The molecule has 0 unspecified atom stereocenters. The van der Waals surface area contributed by atoms with Gasteiger partial charge in [0.2, 0.25) is 5.28 Å². The van der Waals surface area contributed by atoms with Crippen molar-refractivity contribution in [3.8, 4) is 0 Å². The lowest BCUT2D eigenvalue weighted by Gasteiger charge is -2.08. The minimum absolute atomic E-state index is 0.0550. The highest BCUT2D eigenvalue weighted by atomic mass is 35.5. The zero-order valence-corrected chi connectivity index (χ0v) is 13.5. The van der Waals surface area contributed by atoms with Crippen LogP contribution in [0.3, 0.4) is 0 Å². The monoisotopic (exact) mass is 351 g/mol. The van der Waals surface area contributed by atoms with Gasteiger partial charge in [-0.05, 0) is 42.8 Å². The Morgan fingerprint density at radius 2 is 2.09 bits per heavy atom. The molecule has 3 aromatic rings. The van der Waals surface area contributed by atoms with Gasteiger partial charge in [-0.2, -0.15) is 4.98 Å². The molecule has 0 aliphatic carbocycles. The predicted molar refractivity (Wildman–Crippen MR) is 88.1 cm³/mol. The Bertz CT molecular complexity index is 867. The Morgan fingerprint density at radius 3 is 2.78 bits per heavy atom. The molecule has 0 aliphatic heterocycles. The van der Waals surface area contributed by atoms with Gasteiger partial charge in [0.15, 0.2) is 0 Å². The van der Waals surface area contributed by atoms with E-state index in [4.69, 9.17) is 16.3 Å². The van der Waals surface area contributed by atoms with Crippen molar-refractivity contribution in [1.29, 1.82) is 0 Å². The first kappa shape index (κ1) is 15.6. The van der Waals surface area contributed by atoms with Crippen LogP contribution in [0.15, 0.2) is 29.6 Å². The number of carbonyl (C=O) groups is 1. The standard InChI is InChI=1S/C15H11ClFN3O2S/c1-2-22-14(21)10-7-23-13-11(10)12(19-15(16)20-13)18-9-5-3-8(17)4-6-9/h3-7H,2H2,1H3,(H,18,19,20). The number of aromatic nitrogens is 2. The summed E-state index contributed by atoms with van der Waals surface area (Å²) < 4.78 is 18.1. The zero-order valence-electron chi connectivity index (χ0n) is 12.0. The predicted octanol–water partition coefficient (Wildman–Crippen LogP) is 4.40. The Balaban J connectivity index is 2.08. The van der Waals surface area contributed by atoms with E-state index in [9.17, 15) is 9.18 Å². The van der Waals surface area contributed by atoms with E-state index in [1.807, 2.05) is 0 Å². The third kappa shape index (κ3) is 3.25. The number of rotatable bonds is 4. The largest absolute Gasteiger partial charge is 0.462 e. The number of thiophene rings is 1. The summed E-state index contributed by atoms with van der Waals surface area (Å²) in [7, 11) is 0. The molecule has 0 atom stereocenters. The first-order chi connectivity index (χ1) is 11.1. The molecule has 2 heterocycles. The molecule has 1 aromatic carbocycles. The van der Waals surface area contributed by atoms with Gasteiger partial charge in [-0.25, -0.2) is 14.2 Å². The summed E-state index contributed by atoms with van der Waals surface area (Å²) in [6, 6.07) is 5.77. The summed E-state index contributed by atoms with van der Waals surface area (Å²) >= 11 is 7.21. The number of anilines is 2. The van der Waals surface area contributed by atoms with Crippen LogP contribution in [-0.2, 0) is 4.74 Å². The highest BCUT2D eigenvalue weighted by Gasteiger charge is 2.19. The van der Waals surface area contributed by atoms with Gasteiger partial charge in [-0.3, -0.25) is 0 Å². The minimum atomic E-state index is -0.452. The minimum Gasteiger partial charge on any atom is -0.462 e. The van der Waals surface area contributed by atoms with Crippen LogP contribution in [0.5, 0.6) is 0 Å². The highest BCUT2D eigenvalue weighted by molar-refractivity contribution is 7.17. The number of carbonyl (C=O) groups excluding carboxylic acids is 1. The molecule has 0 fully saturated rings. The van der Waals surface area contributed by atoms with Crippen molar-refractivity contribution in [2.24, 2.45) is 0 Å². The van der Waals surface area contributed by atoms with E-state index >= 15 is 0 Å². The van der Waals surface area contributed by atoms with Crippen LogP contribution in [0.2, 0.25) is 5.28 Å². The first-order valence-corrected chi connectivity index (χ1v) is 7.98. The summed E-state index contributed by atoms with van der Waals surface area (Å²) in [6.07, 6.45) is 0. The van der Waals surface area contributed by atoms with Crippen LogP contribution in [0.25, 0.3) is 10.2 Å². The third-order valence-corrected chi connectivity index (χ3v) is 4.05. The molecule has 118 valence electrons. The van der Waals surface area contributed by atoms with E-state index in [1.54, 1.807) is 24.4 Å². The average Bonchev–Trinajstić information content (AvgIpc) is 2.93. The lowest BCUT2D eigenvalue weighted by Crippen LogP contribution is -2.05. The van der Waals surface area contributed by atoms with Gasteiger partial charge in [-0.15, -0.1) is 11.3 Å². The number of ether oxygens (including phenoxy) is 1. The fraction of sp³-hybridized carbons (Fsp3) is 0.133. The van der Waals surface area contributed by atoms with Crippen molar-refractivity contribution in [3.05, 3.63) is 46.3 Å². The molecule has 2 aromatic heterocycles. The van der Waals surface area contributed by atoms with Crippen molar-refractivity contribution in [3.63, 3.8) is 0 Å². The van der Waals surface area contributed by atoms with Crippen LogP contribution < -0.4 is 5.32 Å². The molecule has 3 rings (SSSR count). The molecule has 0 spiro atoms. The molecule has 0 aliphatic rings. The van der Waals surface area contributed by atoms with Gasteiger partial charge in [0.25, 0.3) is 0 Å². The number of halogens is 2. The summed E-state index contributed by atoms with van der Waals surface area (Å²) in [5.74, 6) is -0.424. The van der Waals surface area contributed by atoms with E-state index in [2.05, 4.69) is 15.3 Å². The Hall–Kier alpha value is -2.25. The normalized spacial score (nSPS) is 10.7. The van der Waals surface area contributed by atoms with Crippen LogP contribution >= 0.6 is 22.9 Å². The van der Waals surface area contributed by atoms with Crippen LogP contribution in [0.4, 0.5) is 15.9 Å². The van der Waals surface area contributed by atoms with Gasteiger partial charge >= 0.3 is 5.97 Å². The van der Waals surface area contributed by atoms with Gasteiger partial charge in [-0.1, -0.05) is 0 Å². The molecule has 1 N–H and O–H groups in total. The van der Waals surface area contributed by atoms with Crippen molar-refractivity contribution < 1.29 is 13.9 Å². The summed E-state index contributed by atoms with van der Waals surface area (Å²) in [4.78, 5) is 20.9. The molecule has 23 heavy (non-hydrogen) atoms. The number of nitrogens with one attached hydrogen (secondary N) is 1.